The maximum Gasteiger partial charge on any atom is 0.123 e. The van der Waals surface area contributed by atoms with E-state index in [0.717, 1.165) is 5.92 Å². The summed E-state index contributed by atoms with van der Waals surface area (Å²) in [6.07, 6.45) is 6.43. The Balaban J connectivity index is 1.80. The summed E-state index contributed by atoms with van der Waals surface area (Å²) in [4.78, 5) is 2.69. The molecule has 1 aromatic rings. The molecule has 1 aromatic carbocycles. The molecule has 2 saturated heterocycles. The Bertz CT molecular complexity index is 468. The fraction of sp³-hybridized carbons (Fsp3) is 0.625. The highest BCUT2D eigenvalue weighted by atomic mass is 19.1. The first-order valence-corrected chi connectivity index (χ1v) is 7.35. The molecule has 0 radical (unpaired) electrons. The molecule has 4 rings (SSSR count). The number of halogens is 1. The zero-order valence-electron chi connectivity index (χ0n) is 10.7. The smallest absolute Gasteiger partial charge is 0.123 e. The van der Waals surface area contributed by atoms with Gasteiger partial charge in [-0.05, 0) is 74.4 Å². The molecule has 96 valence electrons. The van der Waals surface area contributed by atoms with E-state index in [4.69, 9.17) is 0 Å². The van der Waals surface area contributed by atoms with Crippen LogP contribution in [0.2, 0.25) is 0 Å². The molecule has 0 spiro atoms. The van der Waals surface area contributed by atoms with Crippen LogP contribution in [0.4, 0.5) is 4.39 Å². The van der Waals surface area contributed by atoms with Crippen molar-refractivity contribution in [2.45, 2.75) is 44.1 Å². The van der Waals surface area contributed by atoms with Crippen molar-refractivity contribution in [3.05, 3.63) is 35.1 Å². The van der Waals surface area contributed by atoms with Gasteiger partial charge < -0.3 is 0 Å². The fourth-order valence-corrected chi connectivity index (χ4v) is 4.65. The summed E-state index contributed by atoms with van der Waals surface area (Å²) in [5.41, 5.74) is 2.74. The zero-order chi connectivity index (χ0) is 12.1. The van der Waals surface area contributed by atoms with E-state index in [1.165, 1.54) is 56.3 Å². The average Bonchev–Trinajstić information content (AvgIpc) is 2.40. The third kappa shape index (κ3) is 1.55. The molecular weight excluding hydrogens is 225 g/mol. The van der Waals surface area contributed by atoms with Crippen LogP contribution in [-0.2, 0) is 6.42 Å². The van der Waals surface area contributed by atoms with Gasteiger partial charge in [-0.25, -0.2) is 4.39 Å². The maximum absolute atomic E-state index is 13.5. The fourth-order valence-electron chi connectivity index (χ4n) is 4.65. The Kier molecular flexibility index (Phi) is 2.47. The lowest BCUT2D eigenvalue weighted by molar-refractivity contribution is 0.0349. The van der Waals surface area contributed by atoms with Crippen molar-refractivity contribution in [1.29, 1.82) is 0 Å². The van der Waals surface area contributed by atoms with Gasteiger partial charge >= 0.3 is 0 Å². The predicted octanol–water partition coefficient (Wildman–Crippen LogP) is 3.34. The molecule has 2 heteroatoms. The van der Waals surface area contributed by atoms with E-state index in [1.807, 2.05) is 12.1 Å². The molecule has 2 fully saturated rings. The highest BCUT2D eigenvalue weighted by Gasteiger charge is 2.43. The lowest BCUT2D eigenvalue weighted by atomic mass is 9.66. The number of piperidine rings is 2. The van der Waals surface area contributed by atoms with Crippen LogP contribution in [0.3, 0.4) is 0 Å². The van der Waals surface area contributed by atoms with Gasteiger partial charge in [-0.1, -0.05) is 6.07 Å². The summed E-state index contributed by atoms with van der Waals surface area (Å²) in [5.74, 6) is 1.37. The minimum Gasteiger partial charge on any atom is -0.299 e. The Hall–Kier alpha value is -0.890. The van der Waals surface area contributed by atoms with Gasteiger partial charge in [0.2, 0.25) is 0 Å². The standard InChI is InChI=1S/C16H20FN/c17-13-6-5-11-9-12-3-1-7-18-8-2-4-14(16(12)18)15(11)10-13/h5-6,10,12,14,16H,1-4,7-9H2. The van der Waals surface area contributed by atoms with Crippen LogP contribution in [0.15, 0.2) is 18.2 Å². The van der Waals surface area contributed by atoms with Gasteiger partial charge in [0.25, 0.3) is 0 Å². The van der Waals surface area contributed by atoms with Crippen molar-refractivity contribution in [2.24, 2.45) is 5.92 Å². The minimum absolute atomic E-state index is 0.0554. The van der Waals surface area contributed by atoms with E-state index in [2.05, 4.69) is 4.90 Å². The quantitative estimate of drug-likeness (QED) is 0.677. The van der Waals surface area contributed by atoms with Crippen molar-refractivity contribution in [2.75, 3.05) is 13.1 Å². The summed E-state index contributed by atoms with van der Waals surface area (Å²) in [6, 6.07) is 6.20. The second-order valence-corrected chi connectivity index (χ2v) is 6.22. The number of benzene rings is 1. The summed E-state index contributed by atoms with van der Waals surface area (Å²) < 4.78 is 13.5. The number of hydrogen-bond donors (Lipinski definition) is 0. The molecule has 18 heavy (non-hydrogen) atoms. The molecule has 0 aromatic heterocycles. The van der Waals surface area contributed by atoms with Gasteiger partial charge in [-0.2, -0.15) is 0 Å². The topological polar surface area (TPSA) is 3.24 Å². The van der Waals surface area contributed by atoms with Crippen molar-refractivity contribution >= 4 is 0 Å². The predicted molar refractivity (Wildman–Crippen MR) is 70.2 cm³/mol. The second kappa shape index (κ2) is 4.06. The van der Waals surface area contributed by atoms with E-state index in [-0.39, 0.29) is 5.82 Å². The van der Waals surface area contributed by atoms with Crippen LogP contribution in [0.1, 0.15) is 42.7 Å². The maximum atomic E-state index is 13.5. The van der Waals surface area contributed by atoms with Gasteiger partial charge in [0.05, 0.1) is 0 Å². The van der Waals surface area contributed by atoms with Gasteiger partial charge in [0.15, 0.2) is 0 Å². The van der Waals surface area contributed by atoms with Gasteiger partial charge in [0, 0.05) is 12.0 Å². The Labute approximate surface area is 108 Å². The molecule has 2 aliphatic heterocycles. The SMILES string of the molecule is Fc1ccc2c(c1)C1CCCN3CCCC(C2)C13. The molecular formula is C16H20FN. The van der Waals surface area contributed by atoms with E-state index in [0.29, 0.717) is 12.0 Å². The third-order valence-electron chi connectivity index (χ3n) is 5.29. The first-order valence-electron chi connectivity index (χ1n) is 7.35. The molecule has 3 aliphatic rings. The van der Waals surface area contributed by atoms with E-state index in [9.17, 15) is 4.39 Å². The van der Waals surface area contributed by atoms with Crippen molar-refractivity contribution < 1.29 is 4.39 Å². The average molecular weight is 245 g/mol. The second-order valence-electron chi connectivity index (χ2n) is 6.22. The largest absolute Gasteiger partial charge is 0.299 e. The van der Waals surface area contributed by atoms with Crippen LogP contribution in [0.25, 0.3) is 0 Å². The van der Waals surface area contributed by atoms with Crippen molar-refractivity contribution in [3.63, 3.8) is 0 Å². The van der Waals surface area contributed by atoms with Crippen LogP contribution >= 0.6 is 0 Å². The summed E-state index contributed by atoms with van der Waals surface area (Å²) in [6.45, 7) is 2.53. The summed E-state index contributed by atoms with van der Waals surface area (Å²) in [7, 11) is 0. The van der Waals surface area contributed by atoms with E-state index >= 15 is 0 Å². The lowest BCUT2D eigenvalue weighted by Crippen LogP contribution is -2.54. The molecule has 3 unspecified atom stereocenters. The molecule has 1 nitrogen and oxygen atoms in total. The van der Waals surface area contributed by atoms with Crippen molar-refractivity contribution in [3.8, 4) is 0 Å². The van der Waals surface area contributed by atoms with Crippen molar-refractivity contribution in [1.82, 2.24) is 4.90 Å². The number of fused-ring (bicyclic) bond motifs is 2. The molecule has 0 saturated carbocycles. The normalized spacial score (nSPS) is 34.8. The molecule has 3 atom stereocenters. The highest BCUT2D eigenvalue weighted by Crippen LogP contribution is 2.46. The minimum atomic E-state index is -0.0554. The molecule has 1 aliphatic carbocycles. The summed E-state index contributed by atoms with van der Waals surface area (Å²) >= 11 is 0. The molecule has 0 bridgehead atoms. The zero-order valence-corrected chi connectivity index (χ0v) is 10.7. The first-order chi connectivity index (χ1) is 8.83. The Morgan fingerprint density at radius 2 is 1.94 bits per heavy atom. The molecule has 0 amide bonds. The van der Waals surface area contributed by atoms with Gasteiger partial charge in [-0.3, -0.25) is 4.90 Å². The third-order valence-corrected chi connectivity index (χ3v) is 5.29. The summed E-state index contributed by atoms with van der Waals surface area (Å²) in [5, 5.41) is 0. The highest BCUT2D eigenvalue weighted by molar-refractivity contribution is 5.36. The molecule has 0 N–H and O–H groups in total. The first kappa shape index (κ1) is 11.0. The number of hydrogen-bond acceptors (Lipinski definition) is 1. The van der Waals surface area contributed by atoms with Crippen LogP contribution in [-0.4, -0.2) is 24.0 Å². The van der Waals surface area contributed by atoms with Gasteiger partial charge in [0.1, 0.15) is 5.82 Å². The Morgan fingerprint density at radius 3 is 2.83 bits per heavy atom. The van der Waals surface area contributed by atoms with E-state index in [1.54, 1.807) is 6.07 Å². The number of rotatable bonds is 0. The monoisotopic (exact) mass is 245 g/mol. The number of nitrogens with zero attached hydrogens (tertiary/aromatic N) is 1. The van der Waals surface area contributed by atoms with E-state index < -0.39 is 0 Å². The molecule has 2 heterocycles. The van der Waals surface area contributed by atoms with Gasteiger partial charge in [-0.15, -0.1) is 0 Å². The van der Waals surface area contributed by atoms with Crippen LogP contribution in [0.5, 0.6) is 0 Å². The Morgan fingerprint density at radius 1 is 1.11 bits per heavy atom. The van der Waals surface area contributed by atoms with Crippen LogP contribution in [0, 0.1) is 11.7 Å². The van der Waals surface area contributed by atoms with Crippen LogP contribution < -0.4 is 0 Å². The lowest BCUT2D eigenvalue weighted by Gasteiger charge is -2.52.